The molecule has 5 rings (SSSR count). The minimum absolute atomic E-state index is 0.317. The predicted octanol–water partition coefficient (Wildman–Crippen LogP) is 6.12. The lowest BCUT2D eigenvalue weighted by Gasteiger charge is -2.26. The number of hydrogen-bond acceptors (Lipinski definition) is 6. The Hall–Kier alpha value is -3.95. The van der Waals surface area contributed by atoms with Crippen LogP contribution in [0.3, 0.4) is 0 Å². The van der Waals surface area contributed by atoms with E-state index in [4.69, 9.17) is 25.7 Å². The molecule has 3 aromatic carbocycles. The number of benzene rings is 3. The van der Waals surface area contributed by atoms with Gasteiger partial charge >= 0.3 is 0 Å². The zero-order valence-electron chi connectivity index (χ0n) is 19.9. The van der Waals surface area contributed by atoms with E-state index in [1.54, 1.807) is 0 Å². The molecule has 0 aliphatic heterocycles. The largest absolute Gasteiger partial charge is 0.477 e. The van der Waals surface area contributed by atoms with Gasteiger partial charge in [0.25, 0.3) is 0 Å². The number of ether oxygens (including phenoxy) is 1. The molecule has 176 valence electrons. The molecule has 0 saturated heterocycles. The van der Waals surface area contributed by atoms with E-state index in [1.165, 1.54) is 5.56 Å². The number of anilines is 2. The van der Waals surface area contributed by atoms with Gasteiger partial charge in [-0.25, -0.2) is 4.98 Å². The van der Waals surface area contributed by atoms with Crippen LogP contribution in [0.2, 0.25) is 0 Å². The van der Waals surface area contributed by atoms with Gasteiger partial charge in [0.2, 0.25) is 11.8 Å². The summed E-state index contributed by atoms with van der Waals surface area (Å²) in [5.41, 5.74) is 11.7. The Labute approximate surface area is 205 Å². The number of nitrogens with zero attached hydrogens (tertiary/aromatic N) is 3. The summed E-state index contributed by atoms with van der Waals surface area (Å²) in [6.45, 7) is 2.69. The molecule has 1 saturated carbocycles. The molecule has 35 heavy (non-hydrogen) atoms. The Morgan fingerprint density at radius 2 is 1.66 bits per heavy atom. The van der Waals surface area contributed by atoms with Crippen molar-refractivity contribution >= 4 is 22.5 Å². The minimum Gasteiger partial charge on any atom is -0.477 e. The number of rotatable bonds is 6. The van der Waals surface area contributed by atoms with E-state index < -0.39 is 0 Å². The summed E-state index contributed by atoms with van der Waals surface area (Å²) in [5, 5.41) is 13.3. The lowest BCUT2D eigenvalue weighted by Crippen LogP contribution is -2.28. The molecule has 4 aromatic rings. The smallest absolute Gasteiger partial charge is 0.231 e. The molecule has 0 radical (unpaired) electrons. The Bertz CT molecular complexity index is 1350. The third-order valence-corrected chi connectivity index (χ3v) is 6.66. The Balaban J connectivity index is 1.48. The maximum Gasteiger partial charge on any atom is 0.231 e. The average molecular weight is 464 g/mol. The molecule has 3 N–H and O–H groups in total. The van der Waals surface area contributed by atoms with Gasteiger partial charge in [0.15, 0.2) is 0 Å². The summed E-state index contributed by atoms with van der Waals surface area (Å²) in [4.78, 5) is 9.54. The average Bonchev–Trinajstić information content (AvgIpc) is 2.89. The maximum absolute atomic E-state index is 9.10. The summed E-state index contributed by atoms with van der Waals surface area (Å²) in [6, 6.07) is 24.3. The Morgan fingerprint density at radius 1 is 0.943 bits per heavy atom. The zero-order chi connectivity index (χ0) is 24.2. The van der Waals surface area contributed by atoms with Crippen LogP contribution < -0.4 is 15.8 Å². The second-order valence-electron chi connectivity index (χ2n) is 9.36. The quantitative estimate of drug-likeness (QED) is 0.358. The van der Waals surface area contributed by atoms with Crippen molar-refractivity contribution in [2.75, 3.05) is 11.9 Å². The molecular formula is C29H29N5O. The van der Waals surface area contributed by atoms with E-state index in [1.807, 2.05) is 54.6 Å². The fourth-order valence-electron chi connectivity index (χ4n) is 4.50. The van der Waals surface area contributed by atoms with Crippen LogP contribution in [0.1, 0.15) is 36.8 Å². The first-order valence-corrected chi connectivity index (χ1v) is 12.1. The van der Waals surface area contributed by atoms with Crippen LogP contribution in [-0.2, 0) is 0 Å². The molecule has 1 aliphatic rings. The summed E-state index contributed by atoms with van der Waals surface area (Å²) >= 11 is 0. The van der Waals surface area contributed by atoms with Gasteiger partial charge in [-0.15, -0.1) is 0 Å². The molecule has 0 atom stereocenters. The highest BCUT2D eigenvalue weighted by molar-refractivity contribution is 5.89. The SMILES string of the molecule is Cc1ccc(Nc2nc(OCC3CCC(N)CC3)c3ccc(-c4ccc(C#N)cc4)cc3n2)cc1. The summed E-state index contributed by atoms with van der Waals surface area (Å²) < 4.78 is 6.30. The highest BCUT2D eigenvalue weighted by Crippen LogP contribution is 2.31. The molecule has 1 heterocycles. The van der Waals surface area contributed by atoms with Gasteiger partial charge in [0.05, 0.1) is 29.1 Å². The van der Waals surface area contributed by atoms with Gasteiger partial charge in [0.1, 0.15) is 0 Å². The molecule has 1 fully saturated rings. The van der Waals surface area contributed by atoms with Crippen molar-refractivity contribution in [2.24, 2.45) is 11.7 Å². The van der Waals surface area contributed by atoms with Crippen molar-refractivity contribution in [1.29, 1.82) is 5.26 Å². The van der Waals surface area contributed by atoms with Crippen molar-refractivity contribution in [1.82, 2.24) is 9.97 Å². The van der Waals surface area contributed by atoms with Crippen LogP contribution in [0.5, 0.6) is 5.88 Å². The van der Waals surface area contributed by atoms with Crippen LogP contribution in [0.4, 0.5) is 11.6 Å². The summed E-state index contributed by atoms with van der Waals surface area (Å²) in [7, 11) is 0. The van der Waals surface area contributed by atoms with Crippen molar-refractivity contribution < 1.29 is 4.74 Å². The standard InChI is InChI=1S/C29H29N5O/c1-19-2-13-25(14-3-19)32-29-33-27-16-23(22-8-4-20(17-30)5-9-22)10-15-26(27)28(34-29)35-18-21-6-11-24(31)12-7-21/h2-5,8-10,13-16,21,24H,6-7,11-12,18,31H2,1H3,(H,32,33,34). The number of nitrogens with two attached hydrogens (primary N) is 1. The van der Waals surface area contributed by atoms with Crippen molar-refractivity contribution in [3.05, 3.63) is 77.9 Å². The number of nitriles is 1. The molecule has 0 amide bonds. The number of aromatic nitrogens is 2. The molecule has 0 unspecified atom stereocenters. The molecular weight excluding hydrogens is 434 g/mol. The number of hydrogen-bond donors (Lipinski definition) is 2. The van der Waals surface area contributed by atoms with Gasteiger partial charge < -0.3 is 15.8 Å². The first-order chi connectivity index (χ1) is 17.1. The van der Waals surface area contributed by atoms with Gasteiger partial charge in [-0.2, -0.15) is 10.2 Å². The third kappa shape index (κ3) is 5.42. The number of fused-ring (bicyclic) bond motifs is 1. The molecule has 0 bridgehead atoms. The Morgan fingerprint density at radius 3 is 2.37 bits per heavy atom. The molecule has 1 aromatic heterocycles. The third-order valence-electron chi connectivity index (χ3n) is 6.66. The molecule has 1 aliphatic carbocycles. The predicted molar refractivity (Wildman–Crippen MR) is 140 cm³/mol. The van der Waals surface area contributed by atoms with Crippen molar-refractivity contribution in [2.45, 2.75) is 38.6 Å². The van der Waals surface area contributed by atoms with E-state index in [-0.39, 0.29) is 0 Å². The van der Waals surface area contributed by atoms with Crippen molar-refractivity contribution in [3.8, 4) is 23.1 Å². The van der Waals surface area contributed by atoms with E-state index in [0.717, 1.165) is 53.4 Å². The lowest BCUT2D eigenvalue weighted by atomic mass is 9.87. The van der Waals surface area contributed by atoms with E-state index >= 15 is 0 Å². The van der Waals surface area contributed by atoms with Gasteiger partial charge in [-0.05, 0) is 86.1 Å². The van der Waals surface area contributed by atoms with Crippen LogP contribution in [0, 0.1) is 24.2 Å². The second kappa shape index (κ2) is 10.1. The maximum atomic E-state index is 9.10. The van der Waals surface area contributed by atoms with Gasteiger partial charge in [-0.3, -0.25) is 0 Å². The van der Waals surface area contributed by atoms with Gasteiger partial charge in [0, 0.05) is 11.7 Å². The highest BCUT2D eigenvalue weighted by atomic mass is 16.5. The first-order valence-electron chi connectivity index (χ1n) is 12.1. The summed E-state index contributed by atoms with van der Waals surface area (Å²) in [5.74, 6) is 1.58. The first kappa shape index (κ1) is 22.8. The minimum atomic E-state index is 0.317. The van der Waals surface area contributed by atoms with Crippen LogP contribution >= 0.6 is 0 Å². The monoisotopic (exact) mass is 463 g/mol. The summed E-state index contributed by atoms with van der Waals surface area (Å²) in [6.07, 6.45) is 4.27. The highest BCUT2D eigenvalue weighted by Gasteiger charge is 2.20. The van der Waals surface area contributed by atoms with E-state index in [2.05, 4.69) is 30.4 Å². The Kier molecular flexibility index (Phi) is 6.60. The molecule has 0 spiro atoms. The van der Waals surface area contributed by atoms with Crippen LogP contribution in [-0.4, -0.2) is 22.6 Å². The second-order valence-corrected chi connectivity index (χ2v) is 9.36. The topological polar surface area (TPSA) is 96.9 Å². The van der Waals surface area contributed by atoms with Crippen LogP contribution in [0.15, 0.2) is 66.7 Å². The van der Waals surface area contributed by atoms with E-state index in [0.29, 0.717) is 36.0 Å². The fraction of sp³-hybridized carbons (Fsp3) is 0.276. The zero-order valence-corrected chi connectivity index (χ0v) is 19.9. The van der Waals surface area contributed by atoms with Gasteiger partial charge in [-0.1, -0.05) is 35.9 Å². The van der Waals surface area contributed by atoms with E-state index in [9.17, 15) is 0 Å². The molecule has 6 nitrogen and oxygen atoms in total. The van der Waals surface area contributed by atoms with Crippen molar-refractivity contribution in [3.63, 3.8) is 0 Å². The normalized spacial score (nSPS) is 17.6. The number of nitrogens with one attached hydrogen (secondary N) is 1. The van der Waals surface area contributed by atoms with Crippen LogP contribution in [0.25, 0.3) is 22.0 Å². The lowest BCUT2D eigenvalue weighted by molar-refractivity contribution is 0.197. The fourth-order valence-corrected chi connectivity index (χ4v) is 4.50. The molecule has 6 heteroatoms. The number of aryl methyl sites for hydroxylation is 1.